The van der Waals surface area contributed by atoms with Crippen molar-refractivity contribution in [3.05, 3.63) is 60.9 Å². The summed E-state index contributed by atoms with van der Waals surface area (Å²) in [6.45, 7) is 0. The number of nitrogens with zero attached hydrogens (tertiary/aromatic N) is 3. The number of halogens is 2. The molecule has 0 spiro atoms. The second-order valence-corrected chi connectivity index (χ2v) is 6.64. The van der Waals surface area contributed by atoms with Gasteiger partial charge in [-0.25, -0.2) is 13.1 Å². The van der Waals surface area contributed by atoms with Crippen LogP contribution in [-0.4, -0.2) is 29.2 Å². The molecule has 0 aliphatic heterocycles. The molecule has 0 unspecified atom stereocenters. The first-order valence-electron chi connectivity index (χ1n) is 6.73. The molecular formula is C15H11F2N3O3S. The summed E-state index contributed by atoms with van der Waals surface area (Å²) in [5, 5.41) is 7.58. The van der Waals surface area contributed by atoms with Gasteiger partial charge >= 0.3 is 5.76 Å². The predicted molar refractivity (Wildman–Crippen MR) is 81.1 cm³/mol. The lowest BCUT2D eigenvalue weighted by Gasteiger charge is -2.08. The molecule has 0 saturated heterocycles. The van der Waals surface area contributed by atoms with Gasteiger partial charge in [0.15, 0.2) is 0 Å². The predicted octanol–water partition coefficient (Wildman–Crippen LogP) is 3.06. The highest BCUT2D eigenvalue weighted by molar-refractivity contribution is 7.91. The van der Waals surface area contributed by atoms with Gasteiger partial charge in [-0.3, -0.25) is 0 Å². The van der Waals surface area contributed by atoms with Gasteiger partial charge in [-0.1, -0.05) is 11.3 Å². The van der Waals surface area contributed by atoms with Gasteiger partial charge < -0.3 is 4.74 Å². The molecule has 6 nitrogen and oxygen atoms in total. The maximum atomic E-state index is 12.5. The maximum Gasteiger partial charge on any atom is 0.341 e. The van der Waals surface area contributed by atoms with E-state index >= 15 is 0 Å². The van der Waals surface area contributed by atoms with Crippen molar-refractivity contribution >= 4 is 9.84 Å². The molecule has 0 N–H and O–H groups in total. The van der Waals surface area contributed by atoms with Crippen LogP contribution in [0.25, 0.3) is 5.69 Å². The number of rotatable bonds is 5. The third kappa shape index (κ3) is 3.25. The van der Waals surface area contributed by atoms with Gasteiger partial charge in [0.1, 0.15) is 11.5 Å². The Morgan fingerprint density at radius 2 is 1.79 bits per heavy atom. The SMILES string of the molecule is O=S(=O)(c1ccc(Oc2cccc(-n3ccnn3)c2)cc1)C(F)F. The Morgan fingerprint density at radius 3 is 2.42 bits per heavy atom. The average Bonchev–Trinajstić information content (AvgIpc) is 3.10. The molecule has 3 rings (SSSR count). The van der Waals surface area contributed by atoms with Crippen LogP contribution in [0.5, 0.6) is 11.5 Å². The van der Waals surface area contributed by atoms with E-state index in [-0.39, 0.29) is 0 Å². The highest BCUT2D eigenvalue weighted by Crippen LogP contribution is 2.26. The Labute approximate surface area is 136 Å². The monoisotopic (exact) mass is 351 g/mol. The van der Waals surface area contributed by atoms with Crippen LogP contribution >= 0.6 is 0 Å². The molecule has 0 amide bonds. The first kappa shape index (κ1) is 16.1. The maximum absolute atomic E-state index is 12.5. The summed E-state index contributed by atoms with van der Waals surface area (Å²) in [5.41, 5.74) is 0.724. The fourth-order valence-electron chi connectivity index (χ4n) is 1.97. The van der Waals surface area contributed by atoms with Crippen LogP contribution in [0.1, 0.15) is 0 Å². The topological polar surface area (TPSA) is 74.1 Å². The first-order valence-corrected chi connectivity index (χ1v) is 8.28. The Kier molecular flexibility index (Phi) is 4.26. The average molecular weight is 351 g/mol. The van der Waals surface area contributed by atoms with E-state index in [9.17, 15) is 17.2 Å². The summed E-state index contributed by atoms with van der Waals surface area (Å²) in [4.78, 5) is -0.457. The smallest absolute Gasteiger partial charge is 0.341 e. The molecular weight excluding hydrogens is 340 g/mol. The summed E-state index contributed by atoms with van der Waals surface area (Å²) >= 11 is 0. The molecule has 124 valence electrons. The summed E-state index contributed by atoms with van der Waals surface area (Å²) < 4.78 is 54.9. The van der Waals surface area contributed by atoms with Crippen LogP contribution in [0, 0.1) is 0 Å². The second kappa shape index (κ2) is 6.36. The van der Waals surface area contributed by atoms with E-state index in [4.69, 9.17) is 4.74 Å². The van der Waals surface area contributed by atoms with Crippen LogP contribution in [0.15, 0.2) is 65.8 Å². The largest absolute Gasteiger partial charge is 0.457 e. The molecule has 3 aromatic rings. The number of ether oxygens (including phenoxy) is 1. The lowest BCUT2D eigenvalue weighted by Crippen LogP contribution is -2.11. The standard InChI is InChI=1S/C15H11F2N3O3S/c16-15(17)24(21,22)14-6-4-12(5-7-14)23-13-3-1-2-11(10-13)20-9-8-18-19-20/h1-10,15H. The number of hydrogen-bond donors (Lipinski definition) is 0. The summed E-state index contributed by atoms with van der Waals surface area (Å²) in [6, 6.07) is 11.8. The molecule has 2 aromatic carbocycles. The zero-order chi connectivity index (χ0) is 17.2. The molecule has 1 aromatic heterocycles. The number of aromatic nitrogens is 3. The summed E-state index contributed by atoms with van der Waals surface area (Å²) in [7, 11) is -4.61. The number of hydrogen-bond acceptors (Lipinski definition) is 5. The Bertz CT molecular complexity index is 927. The molecule has 0 atom stereocenters. The third-order valence-electron chi connectivity index (χ3n) is 3.13. The van der Waals surface area contributed by atoms with Gasteiger partial charge in [-0.15, -0.1) is 5.10 Å². The van der Waals surface area contributed by atoms with Crippen LogP contribution in [0.2, 0.25) is 0 Å². The van der Waals surface area contributed by atoms with Crippen molar-refractivity contribution in [2.75, 3.05) is 0 Å². The number of benzene rings is 2. The molecule has 1 heterocycles. The zero-order valence-electron chi connectivity index (χ0n) is 12.1. The molecule has 0 aliphatic carbocycles. The van der Waals surface area contributed by atoms with E-state index < -0.39 is 20.5 Å². The summed E-state index contributed by atoms with van der Waals surface area (Å²) in [5.74, 6) is -2.66. The molecule has 9 heteroatoms. The zero-order valence-corrected chi connectivity index (χ0v) is 12.9. The van der Waals surface area contributed by atoms with E-state index in [1.54, 1.807) is 35.1 Å². The van der Waals surface area contributed by atoms with E-state index in [0.717, 1.165) is 17.8 Å². The first-order chi connectivity index (χ1) is 11.5. The molecule has 0 aliphatic rings. The fourth-order valence-corrected chi connectivity index (χ4v) is 2.69. The van der Waals surface area contributed by atoms with Crippen molar-refractivity contribution in [2.24, 2.45) is 0 Å². The van der Waals surface area contributed by atoms with Crippen LogP contribution in [0.3, 0.4) is 0 Å². The van der Waals surface area contributed by atoms with Crippen molar-refractivity contribution in [3.63, 3.8) is 0 Å². The van der Waals surface area contributed by atoms with Crippen molar-refractivity contribution < 1.29 is 21.9 Å². The van der Waals surface area contributed by atoms with Gasteiger partial charge in [0.2, 0.25) is 9.84 Å². The normalized spacial score (nSPS) is 11.6. The van der Waals surface area contributed by atoms with Crippen molar-refractivity contribution in [1.29, 1.82) is 0 Å². The van der Waals surface area contributed by atoms with Crippen molar-refractivity contribution in [3.8, 4) is 17.2 Å². The Morgan fingerprint density at radius 1 is 1.04 bits per heavy atom. The fraction of sp³-hybridized carbons (Fsp3) is 0.0667. The van der Waals surface area contributed by atoms with E-state index in [1.807, 2.05) is 0 Å². The molecule has 0 bridgehead atoms. The third-order valence-corrected chi connectivity index (χ3v) is 4.53. The quantitative estimate of drug-likeness (QED) is 0.706. The van der Waals surface area contributed by atoms with Gasteiger partial charge in [-0.05, 0) is 36.4 Å². The van der Waals surface area contributed by atoms with Crippen molar-refractivity contribution in [1.82, 2.24) is 15.0 Å². The lowest BCUT2D eigenvalue weighted by atomic mass is 10.3. The molecule has 0 saturated carbocycles. The van der Waals surface area contributed by atoms with Crippen molar-refractivity contribution in [2.45, 2.75) is 10.7 Å². The van der Waals surface area contributed by atoms with Gasteiger partial charge in [0.05, 0.1) is 23.0 Å². The highest BCUT2D eigenvalue weighted by atomic mass is 32.2. The van der Waals surface area contributed by atoms with E-state index in [1.165, 1.54) is 18.3 Å². The highest BCUT2D eigenvalue weighted by Gasteiger charge is 2.26. The van der Waals surface area contributed by atoms with Crippen LogP contribution in [0.4, 0.5) is 8.78 Å². The van der Waals surface area contributed by atoms with Gasteiger partial charge in [0, 0.05) is 6.07 Å². The van der Waals surface area contributed by atoms with E-state index in [2.05, 4.69) is 10.3 Å². The molecule has 24 heavy (non-hydrogen) atoms. The Hall–Kier alpha value is -2.81. The van der Waals surface area contributed by atoms with Crippen LogP contribution < -0.4 is 4.74 Å². The van der Waals surface area contributed by atoms with E-state index in [0.29, 0.717) is 11.5 Å². The number of alkyl halides is 2. The number of sulfone groups is 1. The second-order valence-electron chi connectivity index (χ2n) is 4.72. The van der Waals surface area contributed by atoms with Gasteiger partial charge in [-0.2, -0.15) is 8.78 Å². The summed E-state index contributed by atoms with van der Waals surface area (Å²) in [6.07, 6.45) is 3.21. The minimum atomic E-state index is -4.61. The van der Waals surface area contributed by atoms with Gasteiger partial charge in [0.25, 0.3) is 0 Å². The molecule has 0 radical (unpaired) electrons. The molecule has 0 fully saturated rings. The minimum absolute atomic E-state index is 0.318. The minimum Gasteiger partial charge on any atom is -0.457 e. The lowest BCUT2D eigenvalue weighted by molar-refractivity contribution is 0.234. The Balaban J connectivity index is 1.81. The van der Waals surface area contributed by atoms with Crippen LogP contribution in [-0.2, 0) is 9.84 Å².